The highest BCUT2D eigenvalue weighted by Gasteiger charge is 2.06. The summed E-state index contributed by atoms with van der Waals surface area (Å²) in [5.41, 5.74) is 8.05. The third-order valence-electron chi connectivity index (χ3n) is 2.06. The lowest BCUT2D eigenvalue weighted by molar-refractivity contribution is 1.21. The first-order valence-electron chi connectivity index (χ1n) is 4.32. The van der Waals surface area contributed by atoms with Crippen LogP contribution in [0.4, 0.5) is 5.00 Å². The highest BCUT2D eigenvalue weighted by molar-refractivity contribution is 7.14. The van der Waals surface area contributed by atoms with E-state index in [-0.39, 0.29) is 0 Å². The molecule has 1 nitrogen and oxygen atoms in total. The minimum atomic E-state index is 0.706. The number of thiophene rings is 1. The van der Waals surface area contributed by atoms with E-state index in [0.29, 0.717) is 10.0 Å². The van der Waals surface area contributed by atoms with E-state index in [2.05, 4.69) is 12.1 Å². The van der Waals surface area contributed by atoms with Crippen LogP contribution < -0.4 is 5.73 Å². The number of nitrogen functional groups attached to an aromatic ring is 1. The monoisotopic (exact) mass is 223 g/mol. The molecule has 0 aliphatic heterocycles. The fraction of sp³-hybridized carbons (Fsp3) is 0.0909. The molecule has 14 heavy (non-hydrogen) atoms. The summed E-state index contributed by atoms with van der Waals surface area (Å²) in [5.74, 6) is 0. The van der Waals surface area contributed by atoms with Crippen molar-refractivity contribution in [2.45, 2.75) is 6.42 Å². The summed E-state index contributed by atoms with van der Waals surface area (Å²) >= 11 is 7.54. The van der Waals surface area contributed by atoms with E-state index in [9.17, 15) is 0 Å². The maximum absolute atomic E-state index is 6.04. The van der Waals surface area contributed by atoms with Crippen LogP contribution in [-0.4, -0.2) is 0 Å². The van der Waals surface area contributed by atoms with Gasteiger partial charge in [-0.25, -0.2) is 0 Å². The minimum Gasteiger partial charge on any atom is -0.389 e. The lowest BCUT2D eigenvalue weighted by Crippen LogP contribution is -1.86. The normalized spacial score (nSPS) is 10.4. The lowest BCUT2D eigenvalue weighted by Gasteiger charge is -1.99. The fourth-order valence-electron chi connectivity index (χ4n) is 1.33. The van der Waals surface area contributed by atoms with Crippen LogP contribution in [0.15, 0.2) is 35.7 Å². The van der Waals surface area contributed by atoms with E-state index < -0.39 is 0 Å². The summed E-state index contributed by atoms with van der Waals surface area (Å²) in [4.78, 5) is 0. The Balaban J connectivity index is 2.23. The Labute approximate surface area is 92.1 Å². The Bertz CT molecular complexity index is 422. The summed E-state index contributed by atoms with van der Waals surface area (Å²) in [6, 6.07) is 10.2. The van der Waals surface area contributed by atoms with E-state index >= 15 is 0 Å². The van der Waals surface area contributed by atoms with Crippen LogP contribution >= 0.6 is 22.9 Å². The molecule has 2 N–H and O–H groups in total. The maximum Gasteiger partial charge on any atom is 0.105 e. The van der Waals surface area contributed by atoms with Crippen LogP contribution in [0.3, 0.4) is 0 Å². The molecule has 0 bridgehead atoms. The van der Waals surface area contributed by atoms with Gasteiger partial charge in [-0.3, -0.25) is 0 Å². The van der Waals surface area contributed by atoms with E-state index in [0.717, 1.165) is 12.0 Å². The molecule has 0 unspecified atom stereocenters. The number of benzene rings is 1. The zero-order valence-electron chi connectivity index (χ0n) is 7.53. The van der Waals surface area contributed by atoms with Gasteiger partial charge >= 0.3 is 0 Å². The average molecular weight is 224 g/mol. The molecule has 2 aromatic rings. The molecule has 0 atom stereocenters. The first kappa shape index (κ1) is 9.56. The summed E-state index contributed by atoms with van der Waals surface area (Å²) < 4.78 is 0. The molecule has 1 heterocycles. The van der Waals surface area contributed by atoms with Crippen LogP contribution in [0.25, 0.3) is 0 Å². The summed E-state index contributed by atoms with van der Waals surface area (Å²) in [6.07, 6.45) is 0.855. The Hall–Kier alpha value is -0.990. The van der Waals surface area contributed by atoms with Crippen LogP contribution in [0, 0.1) is 0 Å². The van der Waals surface area contributed by atoms with Crippen LogP contribution in [0.2, 0.25) is 5.02 Å². The van der Waals surface area contributed by atoms with Gasteiger partial charge in [0, 0.05) is 0 Å². The molecule has 0 saturated carbocycles. The average Bonchev–Trinajstić information content (AvgIpc) is 2.52. The third kappa shape index (κ3) is 1.91. The molecule has 0 saturated heterocycles. The van der Waals surface area contributed by atoms with Gasteiger partial charge in [-0.2, -0.15) is 0 Å². The smallest absolute Gasteiger partial charge is 0.105 e. The molecule has 0 fully saturated rings. The first-order chi connectivity index (χ1) is 6.77. The Morgan fingerprint density at radius 1 is 1.21 bits per heavy atom. The lowest BCUT2D eigenvalue weighted by atomic mass is 10.1. The summed E-state index contributed by atoms with van der Waals surface area (Å²) in [6.45, 7) is 0. The van der Waals surface area contributed by atoms with E-state index in [1.165, 1.54) is 16.9 Å². The van der Waals surface area contributed by atoms with E-state index in [1.54, 1.807) is 0 Å². The van der Waals surface area contributed by atoms with Gasteiger partial charge in [0.15, 0.2) is 0 Å². The van der Waals surface area contributed by atoms with Gasteiger partial charge in [0.05, 0.1) is 5.02 Å². The molecule has 1 aromatic carbocycles. The van der Waals surface area contributed by atoms with Crippen LogP contribution in [0.1, 0.15) is 11.1 Å². The van der Waals surface area contributed by atoms with E-state index in [1.807, 2.05) is 23.6 Å². The minimum absolute atomic E-state index is 0.706. The molecule has 0 radical (unpaired) electrons. The van der Waals surface area contributed by atoms with Gasteiger partial charge in [0.1, 0.15) is 5.00 Å². The molecule has 0 amide bonds. The van der Waals surface area contributed by atoms with Crippen LogP contribution in [-0.2, 0) is 6.42 Å². The van der Waals surface area contributed by atoms with Crippen molar-refractivity contribution in [2.24, 2.45) is 0 Å². The molecule has 0 aliphatic rings. The second-order valence-corrected chi connectivity index (χ2v) is 4.39. The van der Waals surface area contributed by atoms with Crippen molar-refractivity contribution in [3.8, 4) is 0 Å². The van der Waals surface area contributed by atoms with Gasteiger partial charge in [0.2, 0.25) is 0 Å². The molecule has 0 aliphatic carbocycles. The van der Waals surface area contributed by atoms with Gasteiger partial charge in [-0.1, -0.05) is 41.9 Å². The number of anilines is 1. The standard InChI is InChI=1S/C11H10ClNS/c12-10-9(7-14-11(10)13)6-8-4-2-1-3-5-8/h1-5,7H,6,13H2. The molecule has 72 valence electrons. The summed E-state index contributed by atoms with van der Waals surface area (Å²) in [5, 5.41) is 3.43. The maximum atomic E-state index is 6.04. The predicted molar refractivity (Wildman–Crippen MR) is 63.0 cm³/mol. The number of hydrogen-bond donors (Lipinski definition) is 1. The Morgan fingerprint density at radius 2 is 1.93 bits per heavy atom. The predicted octanol–water partition coefficient (Wildman–Crippen LogP) is 3.57. The zero-order chi connectivity index (χ0) is 9.97. The van der Waals surface area contributed by atoms with E-state index in [4.69, 9.17) is 17.3 Å². The van der Waals surface area contributed by atoms with Crippen molar-refractivity contribution in [1.82, 2.24) is 0 Å². The Morgan fingerprint density at radius 3 is 2.50 bits per heavy atom. The number of halogens is 1. The molecule has 2 rings (SSSR count). The highest BCUT2D eigenvalue weighted by Crippen LogP contribution is 2.31. The fourth-order valence-corrected chi connectivity index (χ4v) is 2.36. The topological polar surface area (TPSA) is 26.0 Å². The molecule has 0 spiro atoms. The Kier molecular flexibility index (Phi) is 2.75. The highest BCUT2D eigenvalue weighted by atomic mass is 35.5. The van der Waals surface area contributed by atoms with Crippen molar-refractivity contribution in [1.29, 1.82) is 0 Å². The van der Waals surface area contributed by atoms with Crippen molar-refractivity contribution in [2.75, 3.05) is 5.73 Å². The molecule has 1 aromatic heterocycles. The molecular weight excluding hydrogens is 214 g/mol. The number of rotatable bonds is 2. The summed E-state index contributed by atoms with van der Waals surface area (Å²) in [7, 11) is 0. The third-order valence-corrected chi connectivity index (χ3v) is 3.48. The second-order valence-electron chi connectivity index (χ2n) is 3.10. The zero-order valence-corrected chi connectivity index (χ0v) is 9.11. The quantitative estimate of drug-likeness (QED) is 0.828. The molecular formula is C11H10ClNS. The van der Waals surface area contributed by atoms with Gasteiger partial charge in [0.25, 0.3) is 0 Å². The number of hydrogen-bond acceptors (Lipinski definition) is 2. The van der Waals surface area contributed by atoms with Crippen molar-refractivity contribution >= 4 is 27.9 Å². The number of nitrogens with two attached hydrogens (primary N) is 1. The van der Waals surface area contributed by atoms with Crippen molar-refractivity contribution in [3.63, 3.8) is 0 Å². The first-order valence-corrected chi connectivity index (χ1v) is 5.58. The van der Waals surface area contributed by atoms with Crippen molar-refractivity contribution in [3.05, 3.63) is 51.9 Å². The molecule has 3 heteroatoms. The van der Waals surface area contributed by atoms with Gasteiger partial charge < -0.3 is 5.73 Å². The van der Waals surface area contributed by atoms with Gasteiger partial charge in [-0.05, 0) is 22.9 Å². The van der Waals surface area contributed by atoms with Crippen molar-refractivity contribution < 1.29 is 0 Å². The largest absolute Gasteiger partial charge is 0.389 e. The van der Waals surface area contributed by atoms with Crippen LogP contribution in [0.5, 0.6) is 0 Å². The van der Waals surface area contributed by atoms with Gasteiger partial charge in [-0.15, -0.1) is 11.3 Å². The second kappa shape index (κ2) is 4.03. The SMILES string of the molecule is Nc1scc(Cc2ccccc2)c1Cl.